The van der Waals surface area contributed by atoms with Gasteiger partial charge in [-0.05, 0) is 106 Å². The number of Topliss-reactive ketones (excluding diaryl/α,β-unsaturated/α-hetero) is 2. The number of carbonyl (C=O) groups excluding carboxylic acids is 5. The second kappa shape index (κ2) is 29.2. The van der Waals surface area contributed by atoms with Gasteiger partial charge in [0.1, 0.15) is 16.8 Å². The molecule has 2 fully saturated rings. The van der Waals surface area contributed by atoms with Gasteiger partial charge in [-0.1, -0.05) is 29.7 Å². The molecule has 19 heteroatoms. The van der Waals surface area contributed by atoms with Gasteiger partial charge in [0, 0.05) is 58.5 Å². The zero-order valence-electron chi connectivity index (χ0n) is 36.7. The molecular formula is C44H83Cl2N9O8. The lowest BCUT2D eigenvalue weighted by Gasteiger charge is -2.30. The van der Waals surface area contributed by atoms with E-state index in [1.54, 1.807) is 4.90 Å². The van der Waals surface area contributed by atoms with Crippen molar-refractivity contribution < 1.29 is 38.2 Å². The number of nitrogens with one attached hydrogen (secondary N) is 3. The summed E-state index contributed by atoms with van der Waals surface area (Å²) in [6.07, 6.45) is 8.36. The van der Waals surface area contributed by atoms with Crippen molar-refractivity contribution in [2.75, 3.05) is 53.4 Å². The third kappa shape index (κ3) is 24.3. The standard InChI is InChI=1S/C13H22N2O3.C11H17N3O2.C10H17NO3.C6H9N3.4CH4.2ClH/c1-13(2,3)18-12(17)15-7-6-10(8-14(4)5)11(16)9-15;1-11(2,3)16-10(15)14-5-4-8-6-12-13-9(8)7-14;1-10(2,3)14-9(13)11-6-4-5-8(12)7-11;1-2-7-4-6-5(1)3-8-9-6;;;;;;/h8H,6-7,9H2,1-5H3;6H,4-5,7H2,1-3H3,(H,12,13);4-7H2,1-3H3;3,7H,1-2,4H2,(H,8,9);4*1H4;2*1H/b10-8+;;;;;;;;;. The van der Waals surface area contributed by atoms with Crippen molar-refractivity contribution in [3.05, 3.63) is 46.7 Å². The maximum Gasteiger partial charge on any atom is 0.410 e. The van der Waals surface area contributed by atoms with Gasteiger partial charge in [-0.3, -0.25) is 19.8 Å². The number of likely N-dealkylation sites (tertiary alicyclic amines) is 2. The minimum atomic E-state index is -0.528. The molecule has 3 N–H and O–H groups in total. The van der Waals surface area contributed by atoms with Crippen LogP contribution in [0.2, 0.25) is 0 Å². The average Bonchev–Trinajstić information content (AvgIpc) is 3.77. The lowest BCUT2D eigenvalue weighted by atomic mass is 10.0. The van der Waals surface area contributed by atoms with Crippen LogP contribution in [0.3, 0.4) is 0 Å². The Morgan fingerprint density at radius 1 is 0.635 bits per heavy atom. The van der Waals surface area contributed by atoms with Gasteiger partial charge >= 0.3 is 18.3 Å². The first kappa shape index (κ1) is 65.3. The van der Waals surface area contributed by atoms with E-state index in [-0.39, 0.29) is 91.4 Å². The predicted molar refractivity (Wildman–Crippen MR) is 256 cm³/mol. The highest BCUT2D eigenvalue weighted by Crippen LogP contribution is 2.20. The third-order valence-corrected chi connectivity index (χ3v) is 8.45. The summed E-state index contributed by atoms with van der Waals surface area (Å²) in [7, 11) is 3.75. The van der Waals surface area contributed by atoms with Crippen molar-refractivity contribution in [3.8, 4) is 0 Å². The molecule has 0 atom stereocenters. The van der Waals surface area contributed by atoms with Gasteiger partial charge in [-0.2, -0.15) is 10.2 Å². The van der Waals surface area contributed by atoms with Crippen LogP contribution >= 0.6 is 24.8 Å². The van der Waals surface area contributed by atoms with Gasteiger partial charge in [0.2, 0.25) is 0 Å². The molecule has 63 heavy (non-hydrogen) atoms. The molecule has 2 saturated heterocycles. The number of aromatic nitrogens is 4. The topological polar surface area (TPSA) is 195 Å². The zero-order valence-corrected chi connectivity index (χ0v) is 38.3. The van der Waals surface area contributed by atoms with Crippen LogP contribution in [0.4, 0.5) is 14.4 Å². The fourth-order valence-corrected chi connectivity index (χ4v) is 5.84. The zero-order chi connectivity index (χ0) is 42.6. The first-order valence-corrected chi connectivity index (χ1v) is 19.6. The van der Waals surface area contributed by atoms with E-state index in [1.165, 1.54) is 26.6 Å². The number of hydrogen-bond acceptors (Lipinski definition) is 12. The van der Waals surface area contributed by atoms with Gasteiger partial charge < -0.3 is 39.1 Å². The van der Waals surface area contributed by atoms with E-state index >= 15 is 0 Å². The number of halogens is 2. The first-order valence-electron chi connectivity index (χ1n) is 19.6. The van der Waals surface area contributed by atoms with Crippen LogP contribution in [0.5, 0.6) is 0 Å². The molecular weight excluding hydrogens is 853 g/mol. The number of aromatic amines is 2. The molecule has 17 nitrogen and oxygen atoms in total. The molecule has 4 aliphatic rings. The minimum Gasteiger partial charge on any atom is -0.444 e. The Morgan fingerprint density at radius 3 is 1.52 bits per heavy atom. The molecule has 4 aliphatic heterocycles. The second-order valence-corrected chi connectivity index (χ2v) is 17.6. The number of rotatable bonds is 1. The number of fused-ring (bicyclic) bond motifs is 2. The Balaban J connectivity index is -0.000000364. The fraction of sp³-hybridized carbons (Fsp3) is 0.705. The van der Waals surface area contributed by atoms with Crippen LogP contribution in [0, 0.1) is 0 Å². The van der Waals surface area contributed by atoms with E-state index in [4.69, 9.17) is 14.2 Å². The molecule has 0 aliphatic carbocycles. The SMILES string of the molecule is C.C.C.C.CC(C)(C)OC(=O)N1CCCC(=O)C1.CC(C)(C)OC(=O)N1CCc2cn[nH]c2C1.CN(C)/C=C1\CCN(C(=O)OC(C)(C)C)CC1=O.Cl.Cl.c1n[nH]c2c1CCNC2. The lowest BCUT2D eigenvalue weighted by Crippen LogP contribution is -2.44. The van der Waals surface area contributed by atoms with Crippen LogP contribution in [-0.4, -0.2) is 140 Å². The summed E-state index contributed by atoms with van der Waals surface area (Å²) in [5.41, 5.74) is 4.13. The number of carbonyl (C=O) groups is 5. The Bertz CT molecular complexity index is 1690. The fourth-order valence-electron chi connectivity index (χ4n) is 5.84. The van der Waals surface area contributed by atoms with Crippen LogP contribution in [0.1, 0.15) is 134 Å². The molecule has 6 heterocycles. The number of piperidine rings is 2. The maximum absolute atomic E-state index is 11.9. The summed E-state index contributed by atoms with van der Waals surface area (Å²) < 4.78 is 15.7. The highest BCUT2D eigenvalue weighted by molar-refractivity contribution is 5.99. The van der Waals surface area contributed by atoms with Crippen molar-refractivity contribution >= 4 is 54.7 Å². The normalized spacial score (nSPS) is 16.0. The average molecular weight is 937 g/mol. The maximum atomic E-state index is 11.9. The van der Waals surface area contributed by atoms with Crippen LogP contribution in [-0.2, 0) is 49.7 Å². The Hall–Kier alpha value is -4.35. The van der Waals surface area contributed by atoms with Crippen LogP contribution in [0.25, 0.3) is 0 Å². The van der Waals surface area contributed by atoms with E-state index in [9.17, 15) is 24.0 Å². The second-order valence-electron chi connectivity index (χ2n) is 17.6. The van der Waals surface area contributed by atoms with E-state index in [0.29, 0.717) is 39.0 Å². The van der Waals surface area contributed by atoms with Crippen molar-refractivity contribution in [1.29, 1.82) is 0 Å². The largest absolute Gasteiger partial charge is 0.444 e. The van der Waals surface area contributed by atoms with Crippen molar-refractivity contribution in [3.63, 3.8) is 0 Å². The van der Waals surface area contributed by atoms with Gasteiger partial charge in [0.05, 0.1) is 43.4 Å². The first-order chi connectivity index (χ1) is 26.5. The quantitative estimate of drug-likeness (QED) is 0.183. The number of ketones is 2. The summed E-state index contributed by atoms with van der Waals surface area (Å²) in [6, 6.07) is 0. The smallest absolute Gasteiger partial charge is 0.410 e. The summed E-state index contributed by atoms with van der Waals surface area (Å²) in [5.74, 6) is 0.0999. The number of nitrogens with zero attached hydrogens (tertiary/aromatic N) is 6. The third-order valence-electron chi connectivity index (χ3n) is 8.45. The molecule has 6 rings (SSSR count). The summed E-state index contributed by atoms with van der Waals surface area (Å²) in [4.78, 5) is 64.6. The van der Waals surface area contributed by atoms with Gasteiger partial charge in [0.15, 0.2) is 11.6 Å². The molecule has 0 unspecified atom stereocenters. The molecule has 2 aromatic heterocycles. The van der Waals surface area contributed by atoms with E-state index in [0.717, 1.165) is 43.6 Å². The van der Waals surface area contributed by atoms with Crippen LogP contribution < -0.4 is 5.32 Å². The van der Waals surface area contributed by atoms with E-state index in [1.807, 2.05) is 99.9 Å². The molecule has 0 radical (unpaired) electrons. The molecule has 0 aromatic carbocycles. The number of ether oxygens (including phenoxy) is 3. The van der Waals surface area contributed by atoms with Crippen molar-refractivity contribution in [2.24, 2.45) is 0 Å². The van der Waals surface area contributed by atoms with Gasteiger partial charge in [-0.15, -0.1) is 24.8 Å². The highest BCUT2D eigenvalue weighted by atomic mass is 35.5. The lowest BCUT2D eigenvalue weighted by molar-refractivity contribution is -0.122. The molecule has 2 aromatic rings. The Morgan fingerprint density at radius 2 is 1.08 bits per heavy atom. The highest BCUT2D eigenvalue weighted by Gasteiger charge is 2.30. The number of H-pyrrole nitrogens is 2. The van der Waals surface area contributed by atoms with E-state index < -0.39 is 22.9 Å². The Kier molecular flexibility index (Phi) is 30.2. The molecule has 3 amide bonds. The minimum absolute atomic E-state index is 0. The molecule has 0 spiro atoms. The summed E-state index contributed by atoms with van der Waals surface area (Å²) in [5, 5.41) is 17.0. The monoisotopic (exact) mass is 936 g/mol. The molecule has 366 valence electrons. The number of hydrogen-bond donors (Lipinski definition) is 3. The molecule has 0 saturated carbocycles. The summed E-state index contributed by atoms with van der Waals surface area (Å²) >= 11 is 0. The van der Waals surface area contributed by atoms with Gasteiger partial charge in [-0.25, -0.2) is 14.4 Å². The van der Waals surface area contributed by atoms with Crippen molar-refractivity contribution in [2.45, 2.75) is 154 Å². The number of amides is 3. The van der Waals surface area contributed by atoms with E-state index in [2.05, 4.69) is 25.7 Å². The Labute approximate surface area is 391 Å². The predicted octanol–water partition coefficient (Wildman–Crippen LogP) is 8.37. The molecule has 0 bridgehead atoms. The van der Waals surface area contributed by atoms with Crippen LogP contribution in [0.15, 0.2) is 24.2 Å². The van der Waals surface area contributed by atoms with Crippen molar-refractivity contribution in [1.82, 2.24) is 45.3 Å². The summed E-state index contributed by atoms with van der Waals surface area (Å²) in [6.45, 7) is 21.3. The van der Waals surface area contributed by atoms with Gasteiger partial charge in [0.25, 0.3) is 0 Å².